The number of hydrogen-bond acceptors (Lipinski definition) is 4. The predicted octanol–water partition coefficient (Wildman–Crippen LogP) is 2.12. The summed E-state index contributed by atoms with van der Waals surface area (Å²) in [5.74, 6) is -0.189. The number of aromatic nitrogens is 2. The number of benzene rings is 1. The predicted molar refractivity (Wildman–Crippen MR) is 110 cm³/mol. The van der Waals surface area contributed by atoms with E-state index in [-0.39, 0.29) is 12.5 Å². The third-order valence-electron chi connectivity index (χ3n) is 5.53. The molecule has 31 heavy (non-hydrogen) atoms. The maximum atomic E-state index is 12.9. The Balaban J connectivity index is 1.71. The van der Waals surface area contributed by atoms with Gasteiger partial charge >= 0.3 is 11.9 Å². The molecule has 10 heteroatoms. The summed E-state index contributed by atoms with van der Waals surface area (Å²) in [5, 5.41) is 2.71. The lowest BCUT2D eigenvalue weighted by Crippen LogP contribution is -2.47. The zero-order valence-corrected chi connectivity index (χ0v) is 17.4. The van der Waals surface area contributed by atoms with Crippen LogP contribution in [0.3, 0.4) is 0 Å². The number of nitrogens with one attached hydrogen (secondary N) is 1. The van der Waals surface area contributed by atoms with Crippen LogP contribution in [0.5, 0.6) is 0 Å². The summed E-state index contributed by atoms with van der Waals surface area (Å²) in [6.45, 7) is 3.10. The second-order valence-corrected chi connectivity index (χ2v) is 7.63. The van der Waals surface area contributed by atoms with E-state index < -0.39 is 28.9 Å². The molecule has 0 radical (unpaired) electrons. The molecule has 1 aromatic heterocycles. The SMILES string of the molecule is CCn1c(N2CCCC(C(=O)NCc3cccc(C(F)(F)F)c3)C2)cc(=O)n(C)c1=O. The number of piperidine rings is 1. The topological polar surface area (TPSA) is 76.3 Å². The molecule has 0 spiro atoms. The van der Waals surface area contributed by atoms with Crippen molar-refractivity contribution in [3.63, 3.8) is 0 Å². The summed E-state index contributed by atoms with van der Waals surface area (Å²) in [7, 11) is 1.42. The van der Waals surface area contributed by atoms with Crippen molar-refractivity contribution in [2.45, 2.75) is 39.0 Å². The molecule has 1 aliphatic heterocycles. The molecule has 2 heterocycles. The van der Waals surface area contributed by atoms with Crippen molar-refractivity contribution in [2.24, 2.45) is 13.0 Å². The Kier molecular flexibility index (Phi) is 6.56. The number of rotatable bonds is 5. The molecule has 168 valence electrons. The summed E-state index contributed by atoms with van der Waals surface area (Å²) in [5.41, 5.74) is -1.23. The molecule has 1 N–H and O–H groups in total. The van der Waals surface area contributed by atoms with Crippen LogP contribution >= 0.6 is 0 Å². The first-order valence-corrected chi connectivity index (χ1v) is 10.1. The summed E-state index contributed by atoms with van der Waals surface area (Å²) in [6, 6.07) is 6.25. The highest BCUT2D eigenvalue weighted by Crippen LogP contribution is 2.29. The van der Waals surface area contributed by atoms with E-state index in [1.807, 2.05) is 4.90 Å². The first kappa shape index (κ1) is 22.6. The van der Waals surface area contributed by atoms with Gasteiger partial charge in [-0.3, -0.25) is 18.7 Å². The van der Waals surface area contributed by atoms with Gasteiger partial charge in [0.15, 0.2) is 0 Å². The minimum Gasteiger partial charge on any atom is -0.357 e. The molecule has 1 atom stereocenters. The Morgan fingerprint density at radius 3 is 2.65 bits per heavy atom. The Hall–Kier alpha value is -3.04. The molecule has 2 aromatic rings. The lowest BCUT2D eigenvalue weighted by Gasteiger charge is -2.34. The Labute approximate surface area is 177 Å². The number of halogens is 3. The molecule has 0 saturated carbocycles. The van der Waals surface area contributed by atoms with E-state index in [0.717, 1.165) is 16.7 Å². The van der Waals surface area contributed by atoms with Gasteiger partial charge in [-0.15, -0.1) is 0 Å². The molecular formula is C21H25F3N4O3. The fraction of sp³-hybridized carbons (Fsp3) is 0.476. The van der Waals surface area contributed by atoms with Crippen molar-refractivity contribution in [3.8, 4) is 0 Å². The minimum absolute atomic E-state index is 0.00913. The minimum atomic E-state index is -4.44. The van der Waals surface area contributed by atoms with Crippen molar-refractivity contribution in [3.05, 3.63) is 62.3 Å². The maximum absolute atomic E-state index is 12.9. The van der Waals surface area contributed by atoms with E-state index in [0.29, 0.717) is 43.9 Å². The Morgan fingerprint density at radius 1 is 1.23 bits per heavy atom. The number of amides is 1. The van der Waals surface area contributed by atoms with Gasteiger partial charge in [-0.1, -0.05) is 12.1 Å². The van der Waals surface area contributed by atoms with Gasteiger partial charge < -0.3 is 10.2 Å². The standard InChI is InChI=1S/C21H25F3N4O3/c1-3-28-17(11-18(29)26(2)20(28)31)27-9-5-7-15(13-27)19(30)25-12-14-6-4-8-16(10-14)21(22,23)24/h4,6,8,10-11,15H,3,5,7,9,12-13H2,1-2H3,(H,25,30). The van der Waals surface area contributed by atoms with Crippen LogP contribution in [0.15, 0.2) is 39.9 Å². The van der Waals surface area contributed by atoms with Gasteiger partial charge in [0.1, 0.15) is 5.82 Å². The van der Waals surface area contributed by atoms with Crippen LogP contribution in [0.25, 0.3) is 0 Å². The normalized spacial score (nSPS) is 16.9. The Bertz CT molecular complexity index is 1070. The smallest absolute Gasteiger partial charge is 0.357 e. The van der Waals surface area contributed by atoms with E-state index in [1.165, 1.54) is 29.8 Å². The van der Waals surface area contributed by atoms with Gasteiger partial charge in [0, 0.05) is 39.3 Å². The summed E-state index contributed by atoms with van der Waals surface area (Å²) >= 11 is 0. The van der Waals surface area contributed by atoms with Crippen molar-refractivity contribution in [2.75, 3.05) is 18.0 Å². The summed E-state index contributed by atoms with van der Waals surface area (Å²) < 4.78 is 41.1. The second-order valence-electron chi connectivity index (χ2n) is 7.63. The molecule has 1 amide bonds. The zero-order valence-electron chi connectivity index (χ0n) is 17.4. The Morgan fingerprint density at radius 2 is 1.97 bits per heavy atom. The van der Waals surface area contributed by atoms with E-state index in [1.54, 1.807) is 6.92 Å². The van der Waals surface area contributed by atoms with E-state index in [2.05, 4.69) is 5.32 Å². The molecule has 1 saturated heterocycles. The zero-order chi connectivity index (χ0) is 22.8. The fourth-order valence-electron chi connectivity index (χ4n) is 3.81. The van der Waals surface area contributed by atoms with Crippen LogP contribution in [0.4, 0.5) is 19.0 Å². The van der Waals surface area contributed by atoms with Gasteiger partial charge in [0.25, 0.3) is 5.56 Å². The molecule has 0 aliphatic carbocycles. The summed E-state index contributed by atoms with van der Waals surface area (Å²) in [4.78, 5) is 39.0. The van der Waals surface area contributed by atoms with Crippen LogP contribution < -0.4 is 21.5 Å². The number of nitrogens with zero attached hydrogens (tertiary/aromatic N) is 3. The number of anilines is 1. The number of alkyl halides is 3. The van der Waals surface area contributed by atoms with Crippen LogP contribution in [-0.4, -0.2) is 28.1 Å². The third kappa shape index (κ3) is 5.00. The molecule has 1 fully saturated rings. The molecule has 1 aromatic carbocycles. The van der Waals surface area contributed by atoms with E-state index in [4.69, 9.17) is 0 Å². The molecule has 3 rings (SSSR count). The lowest BCUT2D eigenvalue weighted by atomic mass is 9.97. The average Bonchev–Trinajstić information content (AvgIpc) is 2.75. The van der Waals surface area contributed by atoms with Crippen LogP contribution in [0.1, 0.15) is 30.9 Å². The highest BCUT2D eigenvalue weighted by Gasteiger charge is 2.31. The molecular weight excluding hydrogens is 413 g/mol. The highest BCUT2D eigenvalue weighted by molar-refractivity contribution is 5.79. The quantitative estimate of drug-likeness (QED) is 0.776. The van der Waals surface area contributed by atoms with Crippen molar-refractivity contribution < 1.29 is 18.0 Å². The number of hydrogen-bond donors (Lipinski definition) is 1. The molecule has 7 nitrogen and oxygen atoms in total. The van der Waals surface area contributed by atoms with Crippen molar-refractivity contribution in [1.82, 2.24) is 14.5 Å². The molecule has 0 bridgehead atoms. The highest BCUT2D eigenvalue weighted by atomic mass is 19.4. The van der Waals surface area contributed by atoms with Gasteiger partial charge in [-0.2, -0.15) is 13.2 Å². The van der Waals surface area contributed by atoms with Crippen LogP contribution in [-0.2, 0) is 31.1 Å². The first-order valence-electron chi connectivity index (χ1n) is 10.1. The lowest BCUT2D eigenvalue weighted by molar-refractivity contribution is -0.137. The van der Waals surface area contributed by atoms with E-state index in [9.17, 15) is 27.6 Å². The van der Waals surface area contributed by atoms with Crippen molar-refractivity contribution in [1.29, 1.82) is 0 Å². The van der Waals surface area contributed by atoms with Gasteiger partial charge in [-0.05, 0) is 37.5 Å². The van der Waals surface area contributed by atoms with Gasteiger partial charge in [-0.25, -0.2) is 4.79 Å². The second kappa shape index (κ2) is 8.99. The maximum Gasteiger partial charge on any atom is 0.416 e. The first-order chi connectivity index (χ1) is 14.6. The fourth-order valence-corrected chi connectivity index (χ4v) is 3.81. The monoisotopic (exact) mass is 438 g/mol. The molecule has 1 unspecified atom stereocenters. The van der Waals surface area contributed by atoms with Crippen LogP contribution in [0, 0.1) is 5.92 Å². The van der Waals surface area contributed by atoms with Gasteiger partial charge in [0.2, 0.25) is 5.91 Å². The number of carbonyl (C=O) groups excluding carboxylic acids is 1. The van der Waals surface area contributed by atoms with Gasteiger partial charge in [0.05, 0.1) is 11.5 Å². The average molecular weight is 438 g/mol. The summed E-state index contributed by atoms with van der Waals surface area (Å²) in [6.07, 6.45) is -3.13. The van der Waals surface area contributed by atoms with Crippen LogP contribution in [0.2, 0.25) is 0 Å². The van der Waals surface area contributed by atoms with E-state index >= 15 is 0 Å². The van der Waals surface area contributed by atoms with Crippen molar-refractivity contribution >= 4 is 11.7 Å². The number of carbonyl (C=O) groups is 1. The molecule has 1 aliphatic rings. The third-order valence-corrected chi connectivity index (χ3v) is 5.53. The largest absolute Gasteiger partial charge is 0.416 e.